The smallest absolute Gasteiger partial charge is 0.320 e. The van der Waals surface area contributed by atoms with Crippen LogP contribution >= 0.6 is 11.6 Å². The molecule has 4 aliphatic rings. The molecule has 1 N–H and O–H groups in total. The summed E-state index contributed by atoms with van der Waals surface area (Å²) in [6.45, 7) is 4.17. The van der Waals surface area contributed by atoms with Gasteiger partial charge in [-0.2, -0.15) is 5.01 Å². The zero-order valence-corrected chi connectivity index (χ0v) is 23.4. The molecule has 4 heterocycles. The molecule has 6 atom stereocenters. The molecule has 6 unspecified atom stereocenters. The number of carbonyl (C=O) groups excluding carboxylic acids is 3. The number of fused-ring (bicyclic) bond motifs is 1. The van der Waals surface area contributed by atoms with Crippen molar-refractivity contribution in [3.05, 3.63) is 71.0 Å². The van der Waals surface area contributed by atoms with E-state index >= 15 is 0 Å². The number of rotatable bonds is 5. The van der Waals surface area contributed by atoms with E-state index < -0.39 is 41.6 Å². The van der Waals surface area contributed by atoms with E-state index in [0.29, 0.717) is 17.5 Å². The van der Waals surface area contributed by atoms with Gasteiger partial charge in [-0.15, -0.1) is 0 Å². The zero-order valence-electron chi connectivity index (χ0n) is 22.6. The first-order chi connectivity index (χ1) is 19.6. The van der Waals surface area contributed by atoms with Gasteiger partial charge >= 0.3 is 6.03 Å². The SMILES string of the molecule is CC1CCCC(CC(=O)N2C3C=CC4(O3)C2C(=O)N(Cc2ccc(F)cn2)N4C(=O)Nc2cc(F)cc(Cl)c2)C1C. The second-order valence-corrected chi connectivity index (χ2v) is 11.8. The lowest BCUT2D eigenvalue weighted by Crippen LogP contribution is -2.56. The first-order valence-corrected chi connectivity index (χ1v) is 14.1. The van der Waals surface area contributed by atoms with Gasteiger partial charge in [0.25, 0.3) is 5.91 Å². The second kappa shape index (κ2) is 10.4. The quantitative estimate of drug-likeness (QED) is 0.494. The number of nitrogens with zero attached hydrogens (tertiary/aromatic N) is 4. The summed E-state index contributed by atoms with van der Waals surface area (Å²) in [5.74, 6) is -0.936. The minimum Gasteiger partial charge on any atom is -0.320 e. The van der Waals surface area contributed by atoms with Crippen LogP contribution in [0.15, 0.2) is 48.7 Å². The van der Waals surface area contributed by atoms with Crippen LogP contribution in [0.3, 0.4) is 0 Å². The molecule has 1 aliphatic carbocycles. The third kappa shape index (κ3) is 4.74. The number of aromatic nitrogens is 1. The van der Waals surface area contributed by atoms with Gasteiger partial charge in [-0.3, -0.25) is 19.5 Å². The number of benzene rings is 1. The summed E-state index contributed by atoms with van der Waals surface area (Å²) in [7, 11) is 0. The van der Waals surface area contributed by atoms with Crippen molar-refractivity contribution in [2.45, 2.75) is 64.1 Å². The summed E-state index contributed by atoms with van der Waals surface area (Å²) in [5, 5.41) is 4.90. The molecule has 1 aromatic carbocycles. The number of hydrogen-bond donors (Lipinski definition) is 1. The summed E-state index contributed by atoms with van der Waals surface area (Å²) in [6.07, 6.45) is 6.83. The predicted molar refractivity (Wildman–Crippen MR) is 145 cm³/mol. The number of nitrogens with one attached hydrogen (secondary N) is 1. The van der Waals surface area contributed by atoms with E-state index in [1.165, 1.54) is 23.1 Å². The normalized spacial score (nSPS) is 30.2. The summed E-state index contributed by atoms with van der Waals surface area (Å²) < 4.78 is 33.8. The van der Waals surface area contributed by atoms with Crippen LogP contribution in [0.1, 0.15) is 45.2 Å². The van der Waals surface area contributed by atoms with E-state index in [-0.39, 0.29) is 35.5 Å². The van der Waals surface area contributed by atoms with Crippen LogP contribution in [0.5, 0.6) is 0 Å². The van der Waals surface area contributed by atoms with E-state index in [1.54, 1.807) is 12.2 Å². The molecule has 12 heteroatoms. The Bertz CT molecular complexity index is 1400. The second-order valence-electron chi connectivity index (χ2n) is 11.3. The highest BCUT2D eigenvalue weighted by molar-refractivity contribution is 6.30. The van der Waals surface area contributed by atoms with Gasteiger partial charge in [-0.1, -0.05) is 38.3 Å². The highest BCUT2D eigenvalue weighted by atomic mass is 35.5. The molecule has 4 amide bonds. The number of hydrogen-bond acceptors (Lipinski definition) is 5. The highest BCUT2D eigenvalue weighted by Crippen LogP contribution is 2.49. The maximum absolute atomic E-state index is 14.1. The number of hydrazine groups is 1. The Kier molecular flexibility index (Phi) is 6.97. The minimum atomic E-state index is -1.62. The summed E-state index contributed by atoms with van der Waals surface area (Å²) >= 11 is 5.98. The molecule has 2 bridgehead atoms. The zero-order chi connectivity index (χ0) is 29.1. The maximum Gasteiger partial charge on any atom is 0.343 e. The molecule has 3 aliphatic heterocycles. The summed E-state index contributed by atoms with van der Waals surface area (Å²) in [6, 6.07) is 4.22. The largest absolute Gasteiger partial charge is 0.343 e. The Balaban J connectivity index is 1.33. The molecule has 1 aromatic heterocycles. The Labute approximate surface area is 241 Å². The third-order valence-electron chi connectivity index (χ3n) is 8.82. The number of ether oxygens (including phenoxy) is 1. The molecule has 2 aromatic rings. The van der Waals surface area contributed by atoms with Gasteiger partial charge in [0, 0.05) is 17.1 Å². The molecule has 2 saturated heterocycles. The number of amides is 4. The molecule has 41 heavy (non-hydrogen) atoms. The van der Waals surface area contributed by atoms with Crippen LogP contribution in [0.2, 0.25) is 5.02 Å². The number of carbonyl (C=O) groups is 3. The van der Waals surface area contributed by atoms with E-state index in [1.807, 2.05) is 0 Å². The van der Waals surface area contributed by atoms with Crippen molar-refractivity contribution in [1.29, 1.82) is 0 Å². The van der Waals surface area contributed by atoms with Gasteiger partial charge in [0.05, 0.1) is 18.4 Å². The predicted octanol–water partition coefficient (Wildman–Crippen LogP) is 5.09. The van der Waals surface area contributed by atoms with Crippen LogP contribution in [0.4, 0.5) is 19.3 Å². The first-order valence-electron chi connectivity index (χ1n) is 13.7. The molecule has 216 valence electrons. The molecule has 3 fully saturated rings. The number of pyridine rings is 1. The fourth-order valence-electron chi connectivity index (χ4n) is 6.57. The van der Waals surface area contributed by atoms with Crippen molar-refractivity contribution in [3.63, 3.8) is 0 Å². The topological polar surface area (TPSA) is 95.1 Å². The van der Waals surface area contributed by atoms with E-state index in [0.717, 1.165) is 47.6 Å². The van der Waals surface area contributed by atoms with Crippen LogP contribution in [-0.4, -0.2) is 55.7 Å². The monoisotopic (exact) mass is 585 g/mol. The van der Waals surface area contributed by atoms with Gasteiger partial charge in [0.2, 0.25) is 11.6 Å². The Morgan fingerprint density at radius 3 is 2.71 bits per heavy atom. The fraction of sp³-hybridized carbons (Fsp3) is 0.448. The first kappa shape index (κ1) is 27.6. The average molecular weight is 586 g/mol. The van der Waals surface area contributed by atoms with Crippen LogP contribution < -0.4 is 5.32 Å². The average Bonchev–Trinajstić information content (AvgIpc) is 3.55. The molecule has 6 rings (SSSR count). The number of anilines is 1. The molecule has 1 saturated carbocycles. The minimum absolute atomic E-state index is 0.0667. The van der Waals surface area contributed by atoms with Crippen LogP contribution in [0, 0.1) is 29.4 Å². The van der Waals surface area contributed by atoms with E-state index in [2.05, 4.69) is 24.1 Å². The van der Waals surface area contributed by atoms with Gasteiger partial charge in [-0.05, 0) is 66.7 Å². The lowest BCUT2D eigenvalue weighted by molar-refractivity contribution is -0.158. The standard InChI is InChI=1S/C29H30ClF2N5O4/c1-16-4-3-5-18(17(16)2)10-24(38)36-25-8-9-29(41-25)26(36)27(39)35(15-22-7-6-20(31)14-33-22)37(29)28(40)34-23-12-19(30)11-21(32)13-23/h6-9,11-14,16-18,25-26H,3-5,10,15H2,1-2H3,(H,34,40). The third-order valence-corrected chi connectivity index (χ3v) is 9.04. The maximum atomic E-state index is 14.1. The Morgan fingerprint density at radius 1 is 1.17 bits per heavy atom. The van der Waals surface area contributed by atoms with Crippen LogP contribution in [0.25, 0.3) is 0 Å². The molecule has 0 radical (unpaired) electrons. The Hall–Kier alpha value is -3.57. The molecular weight excluding hydrogens is 556 g/mol. The highest BCUT2D eigenvalue weighted by Gasteiger charge is 2.71. The Morgan fingerprint density at radius 2 is 1.98 bits per heavy atom. The van der Waals surface area contributed by atoms with Gasteiger partial charge in [0.15, 0.2) is 12.3 Å². The molecule has 1 spiro atoms. The van der Waals surface area contributed by atoms with Gasteiger partial charge in [-0.25, -0.2) is 18.6 Å². The number of halogens is 3. The van der Waals surface area contributed by atoms with Crippen molar-refractivity contribution < 1.29 is 27.9 Å². The van der Waals surface area contributed by atoms with Crippen molar-refractivity contribution in [1.82, 2.24) is 19.9 Å². The summed E-state index contributed by atoms with van der Waals surface area (Å²) in [5.41, 5.74) is -1.24. The van der Waals surface area contributed by atoms with E-state index in [9.17, 15) is 23.2 Å². The van der Waals surface area contributed by atoms with Gasteiger partial charge < -0.3 is 10.1 Å². The van der Waals surface area contributed by atoms with Crippen LogP contribution in [-0.2, 0) is 20.9 Å². The lowest BCUT2D eigenvalue weighted by atomic mass is 9.72. The van der Waals surface area contributed by atoms with E-state index in [4.69, 9.17) is 16.3 Å². The van der Waals surface area contributed by atoms with Crippen molar-refractivity contribution >= 4 is 35.1 Å². The summed E-state index contributed by atoms with van der Waals surface area (Å²) in [4.78, 5) is 47.1. The van der Waals surface area contributed by atoms with Crippen molar-refractivity contribution in [2.24, 2.45) is 17.8 Å². The number of urea groups is 1. The molecule has 9 nitrogen and oxygen atoms in total. The fourth-order valence-corrected chi connectivity index (χ4v) is 6.79. The van der Waals surface area contributed by atoms with Crippen molar-refractivity contribution in [2.75, 3.05) is 5.32 Å². The van der Waals surface area contributed by atoms with Crippen molar-refractivity contribution in [3.8, 4) is 0 Å². The molecular formula is C29H30ClF2N5O4. The van der Waals surface area contributed by atoms with Gasteiger partial charge in [0.1, 0.15) is 11.6 Å². The lowest BCUT2D eigenvalue weighted by Gasteiger charge is -2.36.